The zero-order valence-corrected chi connectivity index (χ0v) is 13.8. The van der Waals surface area contributed by atoms with E-state index in [1.165, 1.54) is 12.8 Å². The average molecular weight is 334 g/mol. The predicted octanol–water partition coefficient (Wildman–Crippen LogP) is 3.35. The van der Waals surface area contributed by atoms with Gasteiger partial charge in [0.25, 0.3) is 11.8 Å². The van der Waals surface area contributed by atoms with Gasteiger partial charge in [0.15, 0.2) is 6.10 Å². The number of nitrogens with one attached hydrogen (secondary N) is 1. The predicted molar refractivity (Wildman–Crippen MR) is 89.1 cm³/mol. The molecule has 1 saturated carbocycles. The molecule has 0 spiro atoms. The van der Waals surface area contributed by atoms with Crippen LogP contribution in [0.4, 0.5) is 0 Å². The zero-order valence-electron chi connectivity index (χ0n) is 13.0. The number of amides is 1. The highest BCUT2D eigenvalue weighted by Gasteiger charge is 2.23. The number of nitrogens with zero attached hydrogens (tertiary/aromatic N) is 2. The topological polar surface area (TPSA) is 56.2 Å². The molecule has 1 aromatic heterocycles. The molecule has 1 N–H and O–H groups in total. The molecule has 5 nitrogen and oxygen atoms in total. The number of carbonyl (C=O) groups excluding carboxylic acids is 1. The third kappa shape index (κ3) is 3.85. The van der Waals surface area contributed by atoms with Gasteiger partial charge in [-0.3, -0.25) is 4.79 Å². The highest BCUT2D eigenvalue weighted by atomic mass is 35.5. The van der Waals surface area contributed by atoms with E-state index in [1.807, 2.05) is 30.3 Å². The van der Waals surface area contributed by atoms with Gasteiger partial charge in [0.2, 0.25) is 0 Å². The second-order valence-corrected chi connectivity index (χ2v) is 6.22. The Morgan fingerprint density at radius 1 is 1.35 bits per heavy atom. The van der Waals surface area contributed by atoms with Crippen LogP contribution in [0.5, 0.6) is 5.88 Å². The van der Waals surface area contributed by atoms with E-state index in [4.69, 9.17) is 16.3 Å². The van der Waals surface area contributed by atoms with Crippen LogP contribution in [0.25, 0.3) is 5.69 Å². The van der Waals surface area contributed by atoms with Crippen molar-refractivity contribution in [3.8, 4) is 11.6 Å². The number of ether oxygens (including phenoxy) is 1. The van der Waals surface area contributed by atoms with Gasteiger partial charge < -0.3 is 10.1 Å². The van der Waals surface area contributed by atoms with Crippen LogP contribution in [0.2, 0.25) is 5.02 Å². The number of hydrogen-bond acceptors (Lipinski definition) is 3. The van der Waals surface area contributed by atoms with Crippen molar-refractivity contribution in [3.63, 3.8) is 0 Å². The van der Waals surface area contributed by atoms with E-state index in [-0.39, 0.29) is 17.8 Å². The lowest BCUT2D eigenvalue weighted by Gasteiger charge is -2.17. The zero-order chi connectivity index (χ0) is 16.2. The quantitative estimate of drug-likeness (QED) is 0.912. The molecule has 0 aliphatic heterocycles. The number of halogens is 1. The number of hydrogen-bond donors (Lipinski definition) is 1. The monoisotopic (exact) mass is 333 g/mol. The van der Waals surface area contributed by atoms with E-state index in [2.05, 4.69) is 10.4 Å². The molecule has 1 heterocycles. The highest BCUT2D eigenvalue weighted by Crippen LogP contribution is 2.25. The van der Waals surface area contributed by atoms with Crippen LogP contribution in [0.1, 0.15) is 32.6 Å². The maximum Gasteiger partial charge on any atom is 0.261 e. The summed E-state index contributed by atoms with van der Waals surface area (Å²) in [5, 5.41) is 7.72. The van der Waals surface area contributed by atoms with E-state index in [1.54, 1.807) is 17.8 Å². The molecule has 1 aromatic carbocycles. The third-order valence-electron chi connectivity index (χ3n) is 4.02. The first-order valence-corrected chi connectivity index (χ1v) is 8.29. The molecule has 23 heavy (non-hydrogen) atoms. The van der Waals surface area contributed by atoms with Gasteiger partial charge in [-0.25, -0.2) is 4.68 Å². The lowest BCUT2D eigenvalue weighted by Crippen LogP contribution is -2.41. The van der Waals surface area contributed by atoms with Crippen molar-refractivity contribution < 1.29 is 9.53 Å². The van der Waals surface area contributed by atoms with Crippen LogP contribution in [0.3, 0.4) is 0 Å². The van der Waals surface area contributed by atoms with Crippen LogP contribution in [0.15, 0.2) is 36.5 Å². The van der Waals surface area contributed by atoms with Gasteiger partial charge in [-0.05, 0) is 31.9 Å². The lowest BCUT2D eigenvalue weighted by molar-refractivity contribution is -0.128. The Balaban J connectivity index is 1.65. The van der Waals surface area contributed by atoms with Crippen LogP contribution in [-0.4, -0.2) is 27.8 Å². The van der Waals surface area contributed by atoms with Crippen LogP contribution >= 0.6 is 11.6 Å². The summed E-state index contributed by atoms with van der Waals surface area (Å²) in [7, 11) is 0. The first-order valence-electron chi connectivity index (χ1n) is 7.91. The minimum Gasteiger partial charge on any atom is -0.462 e. The highest BCUT2D eigenvalue weighted by molar-refractivity contribution is 6.31. The van der Waals surface area contributed by atoms with Crippen molar-refractivity contribution in [2.24, 2.45) is 0 Å². The van der Waals surface area contributed by atoms with Gasteiger partial charge in [-0.1, -0.05) is 42.6 Å². The largest absolute Gasteiger partial charge is 0.462 e. The second-order valence-electron chi connectivity index (χ2n) is 5.81. The van der Waals surface area contributed by atoms with E-state index in [0.29, 0.717) is 5.02 Å². The van der Waals surface area contributed by atoms with Gasteiger partial charge in [0.1, 0.15) is 5.02 Å². The Morgan fingerprint density at radius 3 is 2.74 bits per heavy atom. The SMILES string of the molecule is C[C@H](Oc1nn(-c2ccccc2)cc1Cl)C(=O)NC1CCCC1. The molecule has 1 amide bonds. The first kappa shape index (κ1) is 15.9. The fraction of sp³-hybridized carbons (Fsp3) is 0.412. The number of carbonyl (C=O) groups is 1. The van der Waals surface area contributed by atoms with Gasteiger partial charge in [0, 0.05) is 6.04 Å². The fourth-order valence-electron chi connectivity index (χ4n) is 2.74. The number of rotatable bonds is 5. The molecular formula is C17H20ClN3O2. The van der Waals surface area contributed by atoms with Gasteiger partial charge >= 0.3 is 0 Å². The van der Waals surface area contributed by atoms with Gasteiger partial charge in [0.05, 0.1) is 11.9 Å². The first-order chi connectivity index (χ1) is 11.1. The molecule has 122 valence electrons. The molecule has 1 aliphatic rings. The van der Waals surface area contributed by atoms with Crippen LogP contribution in [0, 0.1) is 0 Å². The Kier molecular flexibility index (Phi) is 4.86. The summed E-state index contributed by atoms with van der Waals surface area (Å²) in [5.74, 6) is 0.145. The standard InChI is InChI=1S/C17H20ClN3O2/c1-12(16(22)19-13-7-5-6-8-13)23-17-15(18)11-21(20-17)14-9-3-2-4-10-14/h2-4,9-13H,5-8H2,1H3,(H,19,22)/t12-/m0/s1. The Labute approximate surface area is 140 Å². The fourth-order valence-corrected chi connectivity index (χ4v) is 2.91. The molecule has 3 rings (SSSR count). The van der Waals surface area contributed by atoms with E-state index < -0.39 is 6.10 Å². The number of benzene rings is 1. The summed E-state index contributed by atoms with van der Waals surface area (Å²) in [6.45, 7) is 1.71. The number of para-hydroxylation sites is 1. The molecule has 6 heteroatoms. The second kappa shape index (κ2) is 7.04. The molecule has 1 fully saturated rings. The van der Waals surface area contributed by atoms with Crippen molar-refractivity contribution in [3.05, 3.63) is 41.6 Å². The third-order valence-corrected chi connectivity index (χ3v) is 4.28. The lowest BCUT2D eigenvalue weighted by atomic mass is 10.2. The molecule has 1 atom stereocenters. The smallest absolute Gasteiger partial charge is 0.261 e. The Bertz CT molecular complexity index is 666. The van der Waals surface area contributed by atoms with Crippen molar-refractivity contribution >= 4 is 17.5 Å². The summed E-state index contributed by atoms with van der Waals surface area (Å²) >= 11 is 6.17. The maximum absolute atomic E-state index is 12.2. The summed E-state index contributed by atoms with van der Waals surface area (Å²) in [5.41, 5.74) is 0.882. The molecule has 0 bridgehead atoms. The number of aromatic nitrogens is 2. The molecule has 0 unspecified atom stereocenters. The molecule has 0 radical (unpaired) electrons. The Hall–Kier alpha value is -2.01. The van der Waals surface area contributed by atoms with E-state index in [0.717, 1.165) is 18.5 Å². The molecule has 2 aromatic rings. The summed E-state index contributed by atoms with van der Waals surface area (Å²) in [6.07, 6.45) is 5.48. The van der Waals surface area contributed by atoms with Crippen LogP contribution in [-0.2, 0) is 4.79 Å². The van der Waals surface area contributed by atoms with Crippen molar-refractivity contribution in [2.45, 2.75) is 44.8 Å². The molecular weight excluding hydrogens is 314 g/mol. The van der Waals surface area contributed by atoms with Gasteiger partial charge in [-0.15, -0.1) is 5.10 Å². The maximum atomic E-state index is 12.2. The summed E-state index contributed by atoms with van der Waals surface area (Å²) in [4.78, 5) is 12.2. The van der Waals surface area contributed by atoms with E-state index >= 15 is 0 Å². The van der Waals surface area contributed by atoms with Crippen molar-refractivity contribution in [2.75, 3.05) is 0 Å². The van der Waals surface area contributed by atoms with Crippen LogP contribution < -0.4 is 10.1 Å². The Morgan fingerprint density at radius 2 is 2.04 bits per heavy atom. The van der Waals surface area contributed by atoms with Gasteiger partial charge in [-0.2, -0.15) is 0 Å². The minimum absolute atomic E-state index is 0.123. The summed E-state index contributed by atoms with van der Waals surface area (Å²) < 4.78 is 7.28. The van der Waals surface area contributed by atoms with Crippen molar-refractivity contribution in [1.82, 2.24) is 15.1 Å². The summed E-state index contributed by atoms with van der Waals surface area (Å²) in [6, 6.07) is 9.88. The normalized spacial score (nSPS) is 16.3. The molecule has 0 saturated heterocycles. The van der Waals surface area contributed by atoms with Crippen molar-refractivity contribution in [1.29, 1.82) is 0 Å². The average Bonchev–Trinajstić information content (AvgIpc) is 3.18. The van der Waals surface area contributed by atoms with E-state index in [9.17, 15) is 4.79 Å². The molecule has 1 aliphatic carbocycles. The minimum atomic E-state index is -0.632.